The second kappa shape index (κ2) is 6.73. The summed E-state index contributed by atoms with van der Waals surface area (Å²) in [5, 5.41) is 20.7. The van der Waals surface area contributed by atoms with E-state index in [1.807, 2.05) is 0 Å². The summed E-state index contributed by atoms with van der Waals surface area (Å²) in [4.78, 5) is 12.9. The van der Waals surface area contributed by atoms with E-state index in [1.165, 1.54) is 10.7 Å². The SMILES string of the molecule is COc1ccc(COC(=O)c2cnn3c2n[n+]([O-])c2ccc(Cl)cc23)cc1. The number of carbonyl (C=O) groups is 1. The van der Waals surface area contributed by atoms with Crippen LogP contribution in [0.3, 0.4) is 0 Å². The molecule has 0 saturated carbocycles. The van der Waals surface area contributed by atoms with Gasteiger partial charge in [-0.2, -0.15) is 5.10 Å². The fraction of sp³-hybridized carbons (Fsp3) is 0.111. The van der Waals surface area contributed by atoms with Crippen LogP contribution in [0.1, 0.15) is 15.9 Å². The molecule has 0 amide bonds. The molecule has 0 bridgehead atoms. The lowest BCUT2D eigenvalue weighted by atomic mass is 10.2. The number of benzene rings is 2. The number of aromatic nitrogens is 4. The van der Waals surface area contributed by atoms with Gasteiger partial charge in [0.2, 0.25) is 5.65 Å². The van der Waals surface area contributed by atoms with E-state index < -0.39 is 5.97 Å². The largest absolute Gasteiger partial charge is 0.594 e. The Bertz CT molecular complexity index is 1160. The van der Waals surface area contributed by atoms with Gasteiger partial charge in [0.05, 0.1) is 13.3 Å². The quantitative estimate of drug-likeness (QED) is 0.305. The second-order valence-electron chi connectivity index (χ2n) is 5.72. The van der Waals surface area contributed by atoms with E-state index in [4.69, 9.17) is 21.1 Å². The summed E-state index contributed by atoms with van der Waals surface area (Å²) >= 11 is 6.01. The number of carbonyl (C=O) groups excluding carboxylic acids is 1. The zero-order chi connectivity index (χ0) is 19.0. The third-order valence-electron chi connectivity index (χ3n) is 4.05. The van der Waals surface area contributed by atoms with Gasteiger partial charge in [0, 0.05) is 16.2 Å². The number of halogens is 1. The number of nitrogens with zero attached hydrogens (tertiary/aromatic N) is 4. The lowest BCUT2D eigenvalue weighted by Crippen LogP contribution is -2.33. The fourth-order valence-corrected chi connectivity index (χ4v) is 2.84. The first-order valence-corrected chi connectivity index (χ1v) is 8.31. The Hall–Kier alpha value is -3.39. The zero-order valence-electron chi connectivity index (χ0n) is 14.1. The van der Waals surface area contributed by atoms with Gasteiger partial charge in [0.15, 0.2) is 0 Å². The summed E-state index contributed by atoms with van der Waals surface area (Å²) in [6, 6.07) is 11.8. The van der Waals surface area contributed by atoms with Crippen LogP contribution < -0.4 is 9.58 Å². The number of esters is 1. The molecule has 0 aliphatic rings. The van der Waals surface area contributed by atoms with E-state index in [2.05, 4.69) is 10.2 Å². The Morgan fingerprint density at radius 2 is 2.04 bits per heavy atom. The third-order valence-corrected chi connectivity index (χ3v) is 4.29. The number of hydrogen-bond donors (Lipinski definition) is 0. The van der Waals surface area contributed by atoms with Crippen molar-refractivity contribution in [3.05, 3.63) is 70.0 Å². The molecule has 0 saturated heterocycles. The molecule has 4 rings (SSSR count). The van der Waals surface area contributed by atoms with Crippen molar-refractivity contribution in [2.24, 2.45) is 0 Å². The van der Waals surface area contributed by atoms with E-state index >= 15 is 0 Å². The average Bonchev–Trinajstić information content (AvgIpc) is 3.10. The maximum atomic E-state index is 12.5. The summed E-state index contributed by atoms with van der Waals surface area (Å²) in [5.41, 5.74) is 1.71. The Kier molecular flexibility index (Phi) is 4.25. The standard InChI is InChI=1S/C18H13ClN4O4/c1-26-13-5-2-11(3-6-13)10-27-18(24)14-9-20-22-16-8-12(19)4-7-15(16)23(25)21-17(14)22/h2-9H,10H2,1H3. The third kappa shape index (κ3) is 3.11. The molecule has 8 nitrogen and oxygen atoms in total. The highest BCUT2D eigenvalue weighted by Crippen LogP contribution is 2.19. The van der Waals surface area contributed by atoms with Crippen LogP contribution in [0.2, 0.25) is 5.02 Å². The zero-order valence-corrected chi connectivity index (χ0v) is 14.9. The highest BCUT2D eigenvalue weighted by molar-refractivity contribution is 6.31. The molecule has 4 aromatic rings. The molecule has 9 heteroatoms. The van der Waals surface area contributed by atoms with Crippen LogP contribution in [-0.4, -0.2) is 27.8 Å². The molecule has 0 N–H and O–H groups in total. The van der Waals surface area contributed by atoms with Gasteiger partial charge in [0.25, 0.3) is 5.52 Å². The van der Waals surface area contributed by atoms with Crippen LogP contribution in [0, 0.1) is 5.21 Å². The molecule has 0 unspecified atom stereocenters. The summed E-state index contributed by atoms with van der Waals surface area (Å²) in [5.74, 6) is 0.0807. The number of hydrogen-bond acceptors (Lipinski definition) is 6. The predicted octanol–water partition coefficient (Wildman–Crippen LogP) is 2.53. The van der Waals surface area contributed by atoms with Gasteiger partial charge >= 0.3 is 5.97 Å². The van der Waals surface area contributed by atoms with Crippen molar-refractivity contribution in [2.45, 2.75) is 6.61 Å². The first kappa shape index (κ1) is 17.0. The van der Waals surface area contributed by atoms with Crippen molar-refractivity contribution in [3.63, 3.8) is 0 Å². The van der Waals surface area contributed by atoms with E-state index in [9.17, 15) is 10.0 Å². The Labute approximate surface area is 158 Å². The van der Waals surface area contributed by atoms with Crippen LogP contribution in [0.25, 0.3) is 16.7 Å². The number of ether oxygens (including phenoxy) is 2. The fourth-order valence-electron chi connectivity index (χ4n) is 2.67. The molecule has 0 fully saturated rings. The summed E-state index contributed by atoms with van der Waals surface area (Å²) < 4.78 is 11.8. The normalized spacial score (nSPS) is 11.0. The highest BCUT2D eigenvalue weighted by Gasteiger charge is 2.21. The van der Waals surface area contributed by atoms with Gasteiger partial charge in [-0.3, -0.25) is 0 Å². The van der Waals surface area contributed by atoms with E-state index in [1.54, 1.807) is 49.6 Å². The maximum absolute atomic E-state index is 12.5. The molecule has 0 spiro atoms. The van der Waals surface area contributed by atoms with Crippen molar-refractivity contribution >= 4 is 34.3 Å². The van der Waals surface area contributed by atoms with Crippen molar-refractivity contribution in [3.8, 4) is 5.75 Å². The van der Waals surface area contributed by atoms with Crippen LogP contribution in [0.4, 0.5) is 0 Å². The maximum Gasteiger partial charge on any atom is 0.344 e. The molecule has 27 heavy (non-hydrogen) atoms. The molecular formula is C18H13ClN4O4. The van der Waals surface area contributed by atoms with Crippen LogP contribution in [0.15, 0.2) is 48.7 Å². The summed E-state index contributed by atoms with van der Waals surface area (Å²) in [6.45, 7) is 0.0664. The Morgan fingerprint density at radius 3 is 2.78 bits per heavy atom. The monoisotopic (exact) mass is 384 g/mol. The average molecular weight is 385 g/mol. The molecule has 2 heterocycles. The number of fused-ring (bicyclic) bond motifs is 3. The minimum absolute atomic E-state index is 0.0664. The molecule has 0 radical (unpaired) electrons. The van der Waals surface area contributed by atoms with Gasteiger partial charge in [-0.15, -0.1) is 0 Å². The number of rotatable bonds is 4. The van der Waals surface area contributed by atoms with Gasteiger partial charge in [-0.25, -0.2) is 9.31 Å². The molecule has 2 aromatic heterocycles. The van der Waals surface area contributed by atoms with Gasteiger partial charge in [0.1, 0.15) is 23.4 Å². The van der Waals surface area contributed by atoms with Crippen molar-refractivity contribution in [1.29, 1.82) is 0 Å². The first-order chi connectivity index (χ1) is 13.1. The highest BCUT2D eigenvalue weighted by atomic mass is 35.5. The van der Waals surface area contributed by atoms with E-state index in [-0.39, 0.29) is 23.3 Å². The molecule has 0 aliphatic heterocycles. The lowest BCUT2D eigenvalue weighted by molar-refractivity contribution is -0.640. The molecule has 0 atom stereocenters. The molecular weight excluding hydrogens is 372 g/mol. The minimum atomic E-state index is -0.630. The van der Waals surface area contributed by atoms with Crippen LogP contribution in [0.5, 0.6) is 5.75 Å². The number of methoxy groups -OCH3 is 1. The minimum Gasteiger partial charge on any atom is -0.594 e. The van der Waals surface area contributed by atoms with E-state index in [0.29, 0.717) is 21.1 Å². The summed E-state index contributed by atoms with van der Waals surface area (Å²) in [7, 11) is 1.58. The predicted molar refractivity (Wildman–Crippen MR) is 96.6 cm³/mol. The van der Waals surface area contributed by atoms with Crippen molar-refractivity contribution in [2.75, 3.05) is 7.11 Å². The van der Waals surface area contributed by atoms with Crippen molar-refractivity contribution in [1.82, 2.24) is 14.7 Å². The van der Waals surface area contributed by atoms with Gasteiger partial charge in [-0.1, -0.05) is 23.7 Å². The lowest BCUT2D eigenvalue weighted by Gasteiger charge is -2.05. The first-order valence-electron chi connectivity index (χ1n) is 7.94. The van der Waals surface area contributed by atoms with Crippen LogP contribution in [-0.2, 0) is 11.3 Å². The van der Waals surface area contributed by atoms with Gasteiger partial charge < -0.3 is 14.7 Å². The molecule has 2 aromatic carbocycles. The Morgan fingerprint density at radius 1 is 1.26 bits per heavy atom. The second-order valence-corrected chi connectivity index (χ2v) is 6.16. The van der Waals surface area contributed by atoms with Gasteiger partial charge in [-0.05, 0) is 34.7 Å². The summed E-state index contributed by atoms with van der Waals surface area (Å²) in [6.07, 6.45) is 1.32. The van der Waals surface area contributed by atoms with Crippen molar-refractivity contribution < 1.29 is 19.1 Å². The Balaban J connectivity index is 1.64. The molecule has 136 valence electrons. The molecule has 0 aliphatic carbocycles. The topological polar surface area (TPSA) is 92.7 Å². The van der Waals surface area contributed by atoms with E-state index in [0.717, 1.165) is 5.56 Å². The smallest absolute Gasteiger partial charge is 0.344 e. The van der Waals surface area contributed by atoms with Crippen LogP contribution >= 0.6 is 11.6 Å².